The summed E-state index contributed by atoms with van der Waals surface area (Å²) in [6.45, 7) is 5.09. The molecule has 3 rings (SSSR count). The summed E-state index contributed by atoms with van der Waals surface area (Å²) >= 11 is 3.46. The molecule has 0 atom stereocenters. The van der Waals surface area contributed by atoms with Crippen LogP contribution in [0, 0.1) is 13.8 Å². The van der Waals surface area contributed by atoms with Crippen molar-refractivity contribution in [1.82, 2.24) is 4.98 Å². The molecule has 0 aliphatic carbocycles. The molecule has 0 radical (unpaired) electrons. The number of hydrogen-bond acceptors (Lipinski definition) is 2. The minimum atomic E-state index is 0.804. The van der Waals surface area contributed by atoms with Gasteiger partial charge in [0.2, 0.25) is 0 Å². The van der Waals surface area contributed by atoms with Gasteiger partial charge in [-0.3, -0.25) is 4.98 Å². The molecule has 0 saturated carbocycles. The summed E-state index contributed by atoms with van der Waals surface area (Å²) in [4.78, 5) is 4.52. The van der Waals surface area contributed by atoms with Crippen molar-refractivity contribution in [3.63, 3.8) is 0 Å². The van der Waals surface area contributed by atoms with Gasteiger partial charge in [0, 0.05) is 22.6 Å². The third kappa shape index (κ3) is 3.08. The highest BCUT2D eigenvalue weighted by Gasteiger charge is 2.03. The number of anilines is 1. The molecule has 0 unspecified atom stereocenters. The summed E-state index contributed by atoms with van der Waals surface area (Å²) in [6, 6.07) is 14.9. The van der Waals surface area contributed by atoms with Gasteiger partial charge in [0.05, 0.1) is 11.2 Å². The second-order valence-electron chi connectivity index (χ2n) is 5.30. The Hall–Kier alpha value is -1.87. The van der Waals surface area contributed by atoms with Gasteiger partial charge < -0.3 is 5.32 Å². The van der Waals surface area contributed by atoms with Crippen molar-refractivity contribution in [1.29, 1.82) is 0 Å². The van der Waals surface area contributed by atoms with Crippen LogP contribution in [0.25, 0.3) is 10.9 Å². The van der Waals surface area contributed by atoms with E-state index in [4.69, 9.17) is 0 Å². The molecule has 1 N–H and O–H groups in total. The van der Waals surface area contributed by atoms with Gasteiger partial charge in [-0.2, -0.15) is 0 Å². The van der Waals surface area contributed by atoms with Crippen LogP contribution in [0.5, 0.6) is 0 Å². The maximum absolute atomic E-state index is 4.52. The molecule has 3 aromatic rings. The molecular weight excluding hydrogens is 324 g/mol. The summed E-state index contributed by atoms with van der Waals surface area (Å²) in [7, 11) is 0. The van der Waals surface area contributed by atoms with E-state index in [-0.39, 0.29) is 0 Å². The van der Waals surface area contributed by atoms with E-state index in [2.05, 4.69) is 82.5 Å². The largest absolute Gasteiger partial charge is 0.379 e. The molecular formula is C18H17BrN2. The third-order valence-electron chi connectivity index (χ3n) is 3.73. The lowest BCUT2D eigenvalue weighted by atomic mass is 10.1. The van der Waals surface area contributed by atoms with Crippen molar-refractivity contribution in [2.75, 3.05) is 5.32 Å². The first-order valence-electron chi connectivity index (χ1n) is 6.98. The zero-order valence-electron chi connectivity index (χ0n) is 12.2. The molecule has 21 heavy (non-hydrogen) atoms. The highest BCUT2D eigenvalue weighted by Crippen LogP contribution is 2.24. The lowest BCUT2D eigenvalue weighted by Crippen LogP contribution is -2.01. The van der Waals surface area contributed by atoms with E-state index in [1.165, 1.54) is 16.7 Å². The second kappa shape index (κ2) is 5.86. The molecule has 1 aromatic heterocycles. The zero-order valence-corrected chi connectivity index (χ0v) is 13.7. The zero-order chi connectivity index (χ0) is 14.8. The molecule has 2 aromatic carbocycles. The minimum Gasteiger partial charge on any atom is -0.379 e. The number of hydrogen-bond donors (Lipinski definition) is 1. The Bertz CT molecular complexity index is 796. The molecule has 0 amide bonds. The molecule has 0 saturated heterocycles. The van der Waals surface area contributed by atoms with Gasteiger partial charge in [-0.15, -0.1) is 0 Å². The highest BCUT2D eigenvalue weighted by molar-refractivity contribution is 9.10. The SMILES string of the molecule is Cc1ccc(CNc2cccc3cc(Br)cnc23)cc1C. The van der Waals surface area contributed by atoms with E-state index in [0.717, 1.165) is 27.6 Å². The number of aryl methyl sites for hydroxylation is 2. The number of nitrogens with one attached hydrogen (secondary N) is 1. The van der Waals surface area contributed by atoms with Crippen LogP contribution in [0.1, 0.15) is 16.7 Å². The van der Waals surface area contributed by atoms with Gasteiger partial charge in [-0.1, -0.05) is 30.3 Å². The number of rotatable bonds is 3. The van der Waals surface area contributed by atoms with E-state index >= 15 is 0 Å². The fourth-order valence-electron chi connectivity index (χ4n) is 2.39. The summed E-state index contributed by atoms with van der Waals surface area (Å²) in [5, 5.41) is 4.63. The Balaban J connectivity index is 1.86. The maximum atomic E-state index is 4.52. The number of benzene rings is 2. The van der Waals surface area contributed by atoms with Gasteiger partial charge in [0.1, 0.15) is 0 Å². The van der Waals surface area contributed by atoms with Crippen molar-refractivity contribution < 1.29 is 0 Å². The first-order chi connectivity index (χ1) is 10.1. The van der Waals surface area contributed by atoms with Gasteiger partial charge in [-0.05, 0) is 58.6 Å². The lowest BCUT2D eigenvalue weighted by molar-refractivity contribution is 1.13. The molecule has 3 heteroatoms. The van der Waals surface area contributed by atoms with Crippen LogP contribution in [-0.2, 0) is 6.54 Å². The average molecular weight is 341 g/mol. The Kier molecular flexibility index (Phi) is 3.93. The third-order valence-corrected chi connectivity index (χ3v) is 4.17. The second-order valence-corrected chi connectivity index (χ2v) is 6.22. The normalized spacial score (nSPS) is 10.8. The van der Waals surface area contributed by atoms with Crippen molar-refractivity contribution >= 4 is 32.5 Å². The topological polar surface area (TPSA) is 24.9 Å². The molecule has 2 nitrogen and oxygen atoms in total. The van der Waals surface area contributed by atoms with Crippen LogP contribution in [0.3, 0.4) is 0 Å². The predicted molar refractivity (Wildman–Crippen MR) is 92.7 cm³/mol. The molecule has 0 aliphatic rings. The van der Waals surface area contributed by atoms with E-state index in [1.807, 2.05) is 6.20 Å². The van der Waals surface area contributed by atoms with E-state index < -0.39 is 0 Å². The highest BCUT2D eigenvalue weighted by atomic mass is 79.9. The van der Waals surface area contributed by atoms with Crippen LogP contribution in [-0.4, -0.2) is 4.98 Å². The first kappa shape index (κ1) is 14.1. The van der Waals surface area contributed by atoms with Crippen LogP contribution < -0.4 is 5.32 Å². The quantitative estimate of drug-likeness (QED) is 0.706. The predicted octanol–water partition coefficient (Wildman–Crippen LogP) is 5.23. The van der Waals surface area contributed by atoms with Crippen LogP contribution in [0.2, 0.25) is 0 Å². The van der Waals surface area contributed by atoms with E-state index in [1.54, 1.807) is 0 Å². The molecule has 0 spiro atoms. The molecule has 0 fully saturated rings. The maximum Gasteiger partial charge on any atom is 0.0934 e. The fraction of sp³-hybridized carbons (Fsp3) is 0.167. The summed E-state index contributed by atoms with van der Waals surface area (Å²) < 4.78 is 1.00. The number of nitrogens with zero attached hydrogens (tertiary/aromatic N) is 1. The minimum absolute atomic E-state index is 0.804. The van der Waals surface area contributed by atoms with Gasteiger partial charge >= 0.3 is 0 Å². The number of aromatic nitrogens is 1. The van der Waals surface area contributed by atoms with Gasteiger partial charge in [-0.25, -0.2) is 0 Å². The Morgan fingerprint density at radius 3 is 2.71 bits per heavy atom. The lowest BCUT2D eigenvalue weighted by Gasteiger charge is -2.10. The van der Waals surface area contributed by atoms with Gasteiger partial charge in [0.25, 0.3) is 0 Å². The van der Waals surface area contributed by atoms with Crippen LogP contribution in [0.4, 0.5) is 5.69 Å². The van der Waals surface area contributed by atoms with Gasteiger partial charge in [0.15, 0.2) is 0 Å². The summed E-state index contributed by atoms with van der Waals surface area (Å²) in [5.41, 5.74) is 6.01. The van der Waals surface area contributed by atoms with E-state index in [9.17, 15) is 0 Å². The first-order valence-corrected chi connectivity index (χ1v) is 7.77. The summed E-state index contributed by atoms with van der Waals surface area (Å²) in [5.74, 6) is 0. The van der Waals surface area contributed by atoms with E-state index in [0.29, 0.717) is 0 Å². The number of halogens is 1. The number of para-hydroxylation sites is 1. The molecule has 0 bridgehead atoms. The number of fused-ring (bicyclic) bond motifs is 1. The smallest absolute Gasteiger partial charge is 0.0934 e. The van der Waals surface area contributed by atoms with Crippen molar-refractivity contribution in [3.8, 4) is 0 Å². The Labute approximate surface area is 133 Å². The van der Waals surface area contributed by atoms with Crippen LogP contribution in [0.15, 0.2) is 53.1 Å². The Morgan fingerprint density at radius 1 is 1.05 bits per heavy atom. The summed E-state index contributed by atoms with van der Waals surface area (Å²) in [6.07, 6.45) is 1.84. The van der Waals surface area contributed by atoms with Crippen LogP contribution >= 0.6 is 15.9 Å². The van der Waals surface area contributed by atoms with Crippen molar-refractivity contribution in [2.45, 2.75) is 20.4 Å². The van der Waals surface area contributed by atoms with Crippen molar-refractivity contribution in [3.05, 3.63) is 69.8 Å². The monoisotopic (exact) mass is 340 g/mol. The Morgan fingerprint density at radius 2 is 1.90 bits per heavy atom. The van der Waals surface area contributed by atoms with Crippen molar-refractivity contribution in [2.24, 2.45) is 0 Å². The molecule has 0 aliphatic heterocycles. The molecule has 1 heterocycles. The number of pyridine rings is 1. The fourth-order valence-corrected chi connectivity index (χ4v) is 2.74. The molecule has 106 valence electrons. The standard InChI is InChI=1S/C18H17BrN2/c1-12-6-7-14(8-13(12)2)10-20-17-5-3-4-15-9-16(19)11-21-18(15)17/h3-9,11,20H,10H2,1-2H3. The average Bonchev–Trinajstić information content (AvgIpc) is 2.48.